The Bertz CT molecular complexity index is 978. The second kappa shape index (κ2) is 9.53. The van der Waals surface area contributed by atoms with Crippen LogP contribution in [0.25, 0.3) is 0 Å². The van der Waals surface area contributed by atoms with E-state index in [9.17, 15) is 26.0 Å². The molecule has 2 aromatic rings. The van der Waals surface area contributed by atoms with Gasteiger partial charge in [0.2, 0.25) is 10.0 Å². The van der Waals surface area contributed by atoms with Crippen LogP contribution in [0.2, 0.25) is 0 Å². The molecule has 2 N–H and O–H groups in total. The van der Waals surface area contributed by atoms with Crippen LogP contribution in [-0.4, -0.2) is 59.7 Å². The van der Waals surface area contributed by atoms with Crippen LogP contribution >= 0.6 is 0 Å². The van der Waals surface area contributed by atoms with E-state index in [0.29, 0.717) is 19.6 Å². The highest BCUT2D eigenvalue weighted by Gasteiger charge is 2.38. The van der Waals surface area contributed by atoms with Crippen LogP contribution in [0.1, 0.15) is 17.3 Å². The topological polar surface area (TPSA) is 105 Å². The average Bonchev–Trinajstić information content (AvgIpc) is 3.07. The SMILES string of the molecule is CS(=O)(=O)NCC1CN(Cc2cccc(F)c2)Cc2ccnn21.O=C(O)C(F)(F)F. The number of alkyl halides is 3. The Kier molecular flexibility index (Phi) is 7.55. The molecule has 1 aromatic heterocycles. The lowest BCUT2D eigenvalue weighted by Crippen LogP contribution is -2.42. The zero-order valence-corrected chi connectivity index (χ0v) is 16.6. The second-order valence-corrected chi connectivity index (χ2v) is 8.48. The fraction of sp³-hybridized carbons (Fsp3) is 0.412. The number of carboxylic acids is 1. The summed E-state index contributed by atoms with van der Waals surface area (Å²) in [6, 6.07) is 8.37. The lowest BCUT2D eigenvalue weighted by molar-refractivity contribution is -0.192. The zero-order chi connectivity index (χ0) is 22.5. The number of aromatic nitrogens is 2. The largest absolute Gasteiger partial charge is 0.490 e. The molecule has 1 aromatic carbocycles. The number of nitrogens with zero attached hydrogens (tertiary/aromatic N) is 3. The van der Waals surface area contributed by atoms with Gasteiger partial charge in [0, 0.05) is 32.4 Å². The van der Waals surface area contributed by atoms with Gasteiger partial charge in [0.25, 0.3) is 0 Å². The number of benzene rings is 1. The van der Waals surface area contributed by atoms with Gasteiger partial charge in [-0.2, -0.15) is 18.3 Å². The summed E-state index contributed by atoms with van der Waals surface area (Å²) in [7, 11) is -3.25. The maximum Gasteiger partial charge on any atom is 0.490 e. The van der Waals surface area contributed by atoms with Crippen LogP contribution in [0, 0.1) is 5.82 Å². The summed E-state index contributed by atoms with van der Waals surface area (Å²) in [5, 5.41) is 11.4. The molecule has 0 fully saturated rings. The summed E-state index contributed by atoms with van der Waals surface area (Å²) in [5.41, 5.74) is 1.92. The monoisotopic (exact) mass is 452 g/mol. The highest BCUT2D eigenvalue weighted by Crippen LogP contribution is 2.22. The lowest BCUT2D eigenvalue weighted by Gasteiger charge is -2.34. The first kappa shape index (κ1) is 23.8. The number of fused-ring (bicyclic) bond motifs is 1. The third-order valence-electron chi connectivity index (χ3n) is 4.07. The van der Waals surface area contributed by atoms with E-state index in [1.165, 1.54) is 12.1 Å². The Labute approximate surface area is 170 Å². The third-order valence-corrected chi connectivity index (χ3v) is 4.76. The van der Waals surface area contributed by atoms with Gasteiger partial charge in [-0.15, -0.1) is 0 Å². The van der Waals surface area contributed by atoms with Crippen molar-refractivity contribution in [1.82, 2.24) is 19.4 Å². The van der Waals surface area contributed by atoms with Gasteiger partial charge in [0.15, 0.2) is 0 Å². The number of aliphatic carboxylic acids is 1. The molecule has 0 aliphatic carbocycles. The van der Waals surface area contributed by atoms with Crippen molar-refractivity contribution in [3.63, 3.8) is 0 Å². The molecule has 0 bridgehead atoms. The van der Waals surface area contributed by atoms with Crippen LogP contribution in [0.3, 0.4) is 0 Å². The quantitative estimate of drug-likeness (QED) is 0.670. The van der Waals surface area contributed by atoms with E-state index in [1.54, 1.807) is 12.3 Å². The number of halogens is 4. The van der Waals surface area contributed by atoms with Crippen molar-refractivity contribution in [3.05, 3.63) is 53.6 Å². The first-order chi connectivity index (χ1) is 13.8. The lowest BCUT2D eigenvalue weighted by atomic mass is 10.1. The molecular weight excluding hydrogens is 432 g/mol. The zero-order valence-electron chi connectivity index (χ0n) is 15.8. The molecule has 2 heterocycles. The molecule has 166 valence electrons. The minimum atomic E-state index is -5.08. The molecule has 0 saturated heterocycles. The predicted octanol–water partition coefficient (Wildman–Crippen LogP) is 1.76. The van der Waals surface area contributed by atoms with Gasteiger partial charge < -0.3 is 5.11 Å². The van der Waals surface area contributed by atoms with Crippen molar-refractivity contribution < 1.29 is 35.9 Å². The van der Waals surface area contributed by atoms with Crippen molar-refractivity contribution in [3.8, 4) is 0 Å². The van der Waals surface area contributed by atoms with Gasteiger partial charge in [0.1, 0.15) is 5.82 Å². The van der Waals surface area contributed by atoms with E-state index in [2.05, 4.69) is 14.7 Å². The molecule has 0 amide bonds. The molecule has 0 spiro atoms. The second-order valence-electron chi connectivity index (χ2n) is 6.64. The predicted molar refractivity (Wildman–Crippen MR) is 98.3 cm³/mol. The number of sulfonamides is 1. The minimum absolute atomic E-state index is 0.0861. The van der Waals surface area contributed by atoms with Crippen molar-refractivity contribution in [2.75, 3.05) is 19.3 Å². The standard InChI is InChI=1S/C15H19FN4O2S.C2HF3O2/c1-23(21,22)18-8-15-11-19(10-14-5-6-17-20(14)15)9-12-3-2-4-13(16)7-12;3-2(4,5)1(6)7/h2-7,15,18H,8-11H2,1H3;(H,6,7). The van der Waals surface area contributed by atoms with Crippen molar-refractivity contribution in [2.24, 2.45) is 0 Å². The van der Waals surface area contributed by atoms with Gasteiger partial charge in [-0.05, 0) is 23.8 Å². The van der Waals surface area contributed by atoms with Crippen LogP contribution in [0.4, 0.5) is 17.6 Å². The van der Waals surface area contributed by atoms with Crippen LogP contribution < -0.4 is 4.72 Å². The van der Waals surface area contributed by atoms with E-state index >= 15 is 0 Å². The molecule has 1 aliphatic rings. The first-order valence-electron chi connectivity index (χ1n) is 8.59. The number of hydrogen-bond acceptors (Lipinski definition) is 5. The molecule has 1 aliphatic heterocycles. The maximum atomic E-state index is 13.3. The van der Waals surface area contributed by atoms with E-state index in [4.69, 9.17) is 9.90 Å². The molecule has 1 unspecified atom stereocenters. The Balaban J connectivity index is 0.000000396. The number of hydrogen-bond donors (Lipinski definition) is 2. The Morgan fingerprint density at radius 1 is 1.33 bits per heavy atom. The Hall–Kier alpha value is -2.51. The van der Waals surface area contributed by atoms with Crippen molar-refractivity contribution in [1.29, 1.82) is 0 Å². The van der Waals surface area contributed by atoms with E-state index < -0.39 is 22.2 Å². The third kappa shape index (κ3) is 7.39. The summed E-state index contributed by atoms with van der Waals surface area (Å²) in [5.74, 6) is -3.01. The number of nitrogens with one attached hydrogen (secondary N) is 1. The maximum absolute atomic E-state index is 13.3. The number of carbonyl (C=O) groups is 1. The molecule has 30 heavy (non-hydrogen) atoms. The molecule has 13 heteroatoms. The fourth-order valence-electron chi connectivity index (χ4n) is 2.88. The van der Waals surface area contributed by atoms with Crippen molar-refractivity contribution in [2.45, 2.75) is 25.3 Å². The highest BCUT2D eigenvalue weighted by atomic mass is 32.2. The van der Waals surface area contributed by atoms with Gasteiger partial charge in [-0.3, -0.25) is 9.58 Å². The minimum Gasteiger partial charge on any atom is -0.475 e. The first-order valence-corrected chi connectivity index (χ1v) is 10.5. The summed E-state index contributed by atoms with van der Waals surface area (Å²) < 4.78 is 72.1. The van der Waals surface area contributed by atoms with E-state index in [0.717, 1.165) is 17.5 Å². The fourth-order valence-corrected chi connectivity index (χ4v) is 3.37. The smallest absolute Gasteiger partial charge is 0.475 e. The normalized spacial score (nSPS) is 17.0. The van der Waals surface area contributed by atoms with Crippen LogP contribution in [-0.2, 0) is 27.9 Å². The molecule has 0 radical (unpaired) electrons. The Morgan fingerprint density at radius 3 is 2.57 bits per heavy atom. The van der Waals surface area contributed by atoms with E-state index in [-0.39, 0.29) is 18.4 Å². The van der Waals surface area contributed by atoms with Crippen LogP contribution in [0.15, 0.2) is 36.5 Å². The molecule has 0 saturated carbocycles. The van der Waals surface area contributed by atoms with Gasteiger partial charge >= 0.3 is 12.1 Å². The molecule has 8 nitrogen and oxygen atoms in total. The summed E-state index contributed by atoms with van der Waals surface area (Å²) >= 11 is 0. The summed E-state index contributed by atoms with van der Waals surface area (Å²) in [6.45, 7) is 2.24. The van der Waals surface area contributed by atoms with Gasteiger partial charge in [-0.1, -0.05) is 12.1 Å². The average molecular weight is 452 g/mol. The highest BCUT2D eigenvalue weighted by molar-refractivity contribution is 7.88. The van der Waals surface area contributed by atoms with E-state index in [1.807, 2.05) is 16.8 Å². The Morgan fingerprint density at radius 2 is 2.00 bits per heavy atom. The molecule has 1 atom stereocenters. The number of carboxylic acid groups (broad SMARTS) is 1. The molecular formula is C17H20F4N4O4S. The molecule has 3 rings (SSSR count). The van der Waals surface area contributed by atoms with Gasteiger partial charge in [0.05, 0.1) is 18.0 Å². The number of rotatable bonds is 5. The summed E-state index contributed by atoms with van der Waals surface area (Å²) in [6.07, 6.45) is -2.22. The van der Waals surface area contributed by atoms with Crippen molar-refractivity contribution >= 4 is 16.0 Å². The summed E-state index contributed by atoms with van der Waals surface area (Å²) in [4.78, 5) is 11.1. The van der Waals surface area contributed by atoms with Crippen LogP contribution in [0.5, 0.6) is 0 Å². The van der Waals surface area contributed by atoms with Gasteiger partial charge in [-0.25, -0.2) is 22.3 Å².